The molecule has 29 heavy (non-hydrogen) atoms. The smallest absolute Gasteiger partial charge is 0.148 e. The molecule has 0 amide bonds. The summed E-state index contributed by atoms with van der Waals surface area (Å²) in [5.74, 6) is 1.11. The van der Waals surface area contributed by atoms with Gasteiger partial charge in [0.05, 0.1) is 28.8 Å². The number of aliphatic hydroxyl groups excluding tert-OH is 1. The molecule has 2 heterocycles. The van der Waals surface area contributed by atoms with Crippen LogP contribution in [0.1, 0.15) is 12.7 Å². The van der Waals surface area contributed by atoms with E-state index in [1.165, 1.54) is 0 Å². The van der Waals surface area contributed by atoms with Gasteiger partial charge in [-0.15, -0.1) is 0 Å². The lowest BCUT2D eigenvalue weighted by atomic mass is 10.1. The molecule has 0 spiro atoms. The first kappa shape index (κ1) is 17.3. The van der Waals surface area contributed by atoms with E-state index >= 15 is 0 Å². The Morgan fingerprint density at radius 3 is 2.55 bits per heavy atom. The first-order valence-electron chi connectivity index (χ1n) is 9.55. The monoisotopic (exact) mass is 384 g/mol. The van der Waals surface area contributed by atoms with Crippen LogP contribution >= 0.6 is 0 Å². The predicted octanol–water partition coefficient (Wildman–Crippen LogP) is 4.68. The number of fused-ring (bicyclic) bond motifs is 2. The molecule has 1 aliphatic rings. The van der Waals surface area contributed by atoms with Crippen molar-refractivity contribution in [3.63, 3.8) is 0 Å². The van der Waals surface area contributed by atoms with Crippen LogP contribution in [0.3, 0.4) is 0 Å². The van der Waals surface area contributed by atoms with E-state index in [4.69, 9.17) is 10.4 Å². The minimum absolute atomic E-state index is 0.122. The molecular weight excluding hydrogens is 364 g/mol. The molecule has 5 rings (SSSR count). The van der Waals surface area contributed by atoms with Crippen molar-refractivity contribution in [2.75, 3.05) is 11.4 Å². The Morgan fingerprint density at radius 2 is 1.72 bits per heavy atom. The van der Waals surface area contributed by atoms with Crippen molar-refractivity contribution in [1.82, 2.24) is 9.55 Å². The standard InChI is InChI=1S/C23H20N4O2/c1-2-26-18-10-4-3-9-16(18)25-23(26)21-20(29)13-27(22(21)24)17-11-5-8-15-14(17)7-6-12-19(15)28/h3-12,24,28-29H,2,13H2,1H3. The number of aromatic nitrogens is 2. The fourth-order valence-electron chi connectivity index (χ4n) is 4.12. The molecule has 0 unspecified atom stereocenters. The Morgan fingerprint density at radius 1 is 0.966 bits per heavy atom. The summed E-state index contributed by atoms with van der Waals surface area (Å²) in [5.41, 5.74) is 3.03. The molecule has 6 heteroatoms. The average Bonchev–Trinajstić information content (AvgIpc) is 3.24. The predicted molar refractivity (Wildman–Crippen MR) is 116 cm³/mol. The lowest BCUT2D eigenvalue weighted by Crippen LogP contribution is -2.26. The van der Waals surface area contributed by atoms with Crippen LogP contribution in [0, 0.1) is 5.41 Å². The topological polar surface area (TPSA) is 85.4 Å². The van der Waals surface area contributed by atoms with Gasteiger partial charge >= 0.3 is 0 Å². The number of rotatable bonds is 3. The highest BCUT2D eigenvalue weighted by atomic mass is 16.3. The quantitative estimate of drug-likeness (QED) is 0.479. The lowest BCUT2D eigenvalue weighted by molar-refractivity contribution is 0.411. The van der Waals surface area contributed by atoms with Crippen molar-refractivity contribution in [1.29, 1.82) is 5.41 Å². The Hall–Kier alpha value is -3.80. The van der Waals surface area contributed by atoms with Crippen LogP contribution in [-0.2, 0) is 6.54 Å². The van der Waals surface area contributed by atoms with Gasteiger partial charge < -0.3 is 19.7 Å². The average molecular weight is 384 g/mol. The van der Waals surface area contributed by atoms with Crippen molar-refractivity contribution in [3.05, 3.63) is 72.2 Å². The number of benzene rings is 3. The number of hydrogen-bond donors (Lipinski definition) is 3. The minimum Gasteiger partial charge on any atom is -0.509 e. The van der Waals surface area contributed by atoms with E-state index in [2.05, 4.69) is 0 Å². The van der Waals surface area contributed by atoms with E-state index in [-0.39, 0.29) is 23.9 Å². The number of aromatic hydroxyl groups is 1. The van der Waals surface area contributed by atoms with Gasteiger partial charge in [0.1, 0.15) is 23.2 Å². The summed E-state index contributed by atoms with van der Waals surface area (Å²) in [7, 11) is 0. The second-order valence-electron chi connectivity index (χ2n) is 7.07. The maximum Gasteiger partial charge on any atom is 0.148 e. The van der Waals surface area contributed by atoms with Gasteiger partial charge in [-0.05, 0) is 31.2 Å². The fourth-order valence-corrected chi connectivity index (χ4v) is 4.12. The highest BCUT2D eigenvalue weighted by Gasteiger charge is 2.33. The number of aryl methyl sites for hydroxylation is 1. The van der Waals surface area contributed by atoms with Crippen LogP contribution in [0.4, 0.5) is 5.69 Å². The zero-order chi connectivity index (χ0) is 20.1. The fraction of sp³-hybridized carbons (Fsp3) is 0.130. The normalized spacial score (nSPS) is 14.5. The van der Waals surface area contributed by atoms with Crippen LogP contribution in [0.5, 0.6) is 5.75 Å². The van der Waals surface area contributed by atoms with E-state index in [0.717, 1.165) is 22.1 Å². The van der Waals surface area contributed by atoms with Crippen molar-refractivity contribution >= 4 is 38.9 Å². The highest BCUT2D eigenvalue weighted by Crippen LogP contribution is 2.37. The molecule has 0 bridgehead atoms. The zero-order valence-corrected chi connectivity index (χ0v) is 15.9. The van der Waals surface area contributed by atoms with Crippen LogP contribution < -0.4 is 4.90 Å². The summed E-state index contributed by atoms with van der Waals surface area (Å²) in [6.45, 7) is 2.90. The second kappa shape index (κ2) is 6.38. The first-order chi connectivity index (χ1) is 14.1. The number of nitrogens with zero attached hydrogens (tertiary/aromatic N) is 3. The zero-order valence-electron chi connectivity index (χ0n) is 15.9. The maximum atomic E-state index is 10.8. The molecule has 0 aliphatic carbocycles. The third-order valence-corrected chi connectivity index (χ3v) is 5.46. The SMILES string of the molecule is CCn1c(C2=C(O)CN(c3cccc4c(O)cccc34)C2=N)nc2ccccc21. The second-order valence-corrected chi connectivity index (χ2v) is 7.07. The Balaban J connectivity index is 1.64. The Kier molecular flexibility index (Phi) is 3.81. The summed E-state index contributed by atoms with van der Waals surface area (Å²) in [6.07, 6.45) is 0. The number of anilines is 1. The molecule has 6 nitrogen and oxygen atoms in total. The third kappa shape index (κ3) is 2.49. The third-order valence-electron chi connectivity index (χ3n) is 5.46. The minimum atomic E-state index is 0.122. The molecule has 1 aliphatic heterocycles. The Labute approximate surface area is 167 Å². The van der Waals surface area contributed by atoms with E-state index < -0.39 is 0 Å². The molecule has 144 valence electrons. The molecule has 0 saturated heterocycles. The summed E-state index contributed by atoms with van der Waals surface area (Å²) < 4.78 is 2.02. The summed E-state index contributed by atoms with van der Waals surface area (Å²) in [5, 5.41) is 31.4. The number of imidazole rings is 1. The molecule has 0 saturated carbocycles. The number of para-hydroxylation sites is 2. The van der Waals surface area contributed by atoms with Gasteiger partial charge in [-0.2, -0.15) is 0 Å². The first-order valence-corrected chi connectivity index (χ1v) is 9.55. The van der Waals surface area contributed by atoms with Crippen LogP contribution in [0.15, 0.2) is 66.4 Å². The highest BCUT2D eigenvalue weighted by molar-refractivity contribution is 6.31. The summed E-state index contributed by atoms with van der Waals surface area (Å²) >= 11 is 0. The Bertz CT molecular complexity index is 1320. The molecule has 0 atom stereocenters. The molecule has 0 radical (unpaired) electrons. The largest absolute Gasteiger partial charge is 0.509 e. The number of aliphatic hydroxyl groups is 1. The van der Waals surface area contributed by atoms with E-state index in [9.17, 15) is 10.2 Å². The van der Waals surface area contributed by atoms with Crippen molar-refractivity contribution in [2.45, 2.75) is 13.5 Å². The number of phenolic OH excluding ortho intramolecular Hbond substituents is 1. The van der Waals surface area contributed by atoms with Crippen LogP contribution in [0.25, 0.3) is 27.4 Å². The molecule has 0 fully saturated rings. The number of nitrogens with one attached hydrogen (secondary N) is 1. The number of hydrogen-bond acceptors (Lipinski definition) is 4. The van der Waals surface area contributed by atoms with E-state index in [0.29, 0.717) is 23.3 Å². The van der Waals surface area contributed by atoms with Crippen LogP contribution in [0.2, 0.25) is 0 Å². The molecule has 4 aromatic rings. The van der Waals surface area contributed by atoms with Crippen molar-refractivity contribution in [3.8, 4) is 5.75 Å². The van der Waals surface area contributed by atoms with Gasteiger partial charge in [-0.25, -0.2) is 4.98 Å². The summed E-state index contributed by atoms with van der Waals surface area (Å²) in [4.78, 5) is 6.46. The lowest BCUT2D eigenvalue weighted by Gasteiger charge is -2.21. The van der Waals surface area contributed by atoms with Gasteiger partial charge in [-0.3, -0.25) is 5.41 Å². The maximum absolute atomic E-state index is 10.8. The molecule has 3 N–H and O–H groups in total. The van der Waals surface area contributed by atoms with Gasteiger partial charge in [0, 0.05) is 17.3 Å². The van der Waals surface area contributed by atoms with Crippen LogP contribution in [-0.4, -0.2) is 32.1 Å². The van der Waals surface area contributed by atoms with Gasteiger partial charge in [0.2, 0.25) is 0 Å². The molecule has 3 aromatic carbocycles. The van der Waals surface area contributed by atoms with E-state index in [1.807, 2.05) is 60.0 Å². The molecule has 1 aromatic heterocycles. The van der Waals surface area contributed by atoms with Gasteiger partial charge in [0.25, 0.3) is 0 Å². The van der Waals surface area contributed by atoms with Gasteiger partial charge in [0.15, 0.2) is 0 Å². The van der Waals surface area contributed by atoms with Crippen molar-refractivity contribution < 1.29 is 10.2 Å². The number of phenols is 1. The molecular formula is C23H20N4O2. The van der Waals surface area contributed by atoms with E-state index in [1.54, 1.807) is 17.0 Å². The number of amidine groups is 1. The van der Waals surface area contributed by atoms with Gasteiger partial charge in [-0.1, -0.05) is 36.4 Å². The van der Waals surface area contributed by atoms with Crippen molar-refractivity contribution in [2.24, 2.45) is 0 Å². The summed E-state index contributed by atoms with van der Waals surface area (Å²) in [6, 6.07) is 18.8.